The molecule has 1 aliphatic rings. The molecule has 21 heavy (non-hydrogen) atoms. The maximum Gasteiger partial charge on any atom is 0.264 e. The van der Waals surface area contributed by atoms with E-state index in [-0.39, 0.29) is 17.5 Å². The molecule has 0 fully saturated rings. The number of aromatic nitrogens is 3. The van der Waals surface area contributed by atoms with Crippen LogP contribution in [0, 0.1) is 0 Å². The Kier molecular flexibility index (Phi) is 3.83. The third kappa shape index (κ3) is 3.18. The van der Waals surface area contributed by atoms with Crippen molar-refractivity contribution in [1.29, 1.82) is 0 Å². The molecule has 0 saturated heterocycles. The molecular weight excluding hydrogens is 336 g/mol. The highest BCUT2D eigenvalue weighted by Gasteiger charge is 2.22. The van der Waals surface area contributed by atoms with Gasteiger partial charge in [0, 0.05) is 29.0 Å². The lowest BCUT2D eigenvalue weighted by Gasteiger charge is -2.24. The summed E-state index contributed by atoms with van der Waals surface area (Å²) in [4.78, 5) is 27.5. The average Bonchev–Trinajstić information content (AvgIpc) is 2.46. The molecule has 0 spiro atoms. The molecule has 2 aromatic rings. The molecule has 1 atom stereocenters. The highest BCUT2D eigenvalue weighted by Crippen LogP contribution is 2.18. The molecule has 1 aliphatic carbocycles. The zero-order chi connectivity index (χ0) is 14.8. The summed E-state index contributed by atoms with van der Waals surface area (Å²) in [5.41, 5.74) is 2.11. The maximum absolute atomic E-state index is 12.2. The first-order valence-electron chi connectivity index (χ1n) is 6.61. The zero-order valence-electron chi connectivity index (χ0n) is 11.1. The molecule has 2 N–H and O–H groups in total. The van der Waals surface area contributed by atoms with Crippen LogP contribution in [0.3, 0.4) is 0 Å². The Hall–Kier alpha value is -2.02. The Morgan fingerprint density at radius 1 is 1.38 bits per heavy atom. The number of nitrogens with zero attached hydrogens (tertiary/aromatic N) is 2. The van der Waals surface area contributed by atoms with Crippen LogP contribution in [0.5, 0.6) is 0 Å². The lowest BCUT2D eigenvalue weighted by molar-refractivity contribution is 0.0933. The molecule has 1 amide bonds. The number of amides is 1. The number of halogens is 1. The summed E-state index contributed by atoms with van der Waals surface area (Å²) in [7, 11) is 0. The molecule has 2 heterocycles. The van der Waals surface area contributed by atoms with Crippen LogP contribution in [0.4, 0.5) is 0 Å². The molecule has 7 heteroatoms. The predicted octanol–water partition coefficient (Wildman–Crippen LogP) is 1.21. The minimum Gasteiger partial charge on any atom is -0.349 e. The maximum atomic E-state index is 12.2. The topological polar surface area (TPSA) is 87.7 Å². The van der Waals surface area contributed by atoms with Crippen LogP contribution in [-0.2, 0) is 12.8 Å². The van der Waals surface area contributed by atoms with Gasteiger partial charge in [0.25, 0.3) is 11.5 Å². The lowest BCUT2D eigenvalue weighted by atomic mass is 9.92. The van der Waals surface area contributed by atoms with E-state index in [1.807, 2.05) is 0 Å². The van der Waals surface area contributed by atoms with Crippen molar-refractivity contribution in [2.24, 2.45) is 0 Å². The van der Waals surface area contributed by atoms with Crippen molar-refractivity contribution in [2.75, 3.05) is 0 Å². The number of pyridine rings is 1. The summed E-state index contributed by atoms with van der Waals surface area (Å²) >= 11 is 3.30. The summed E-state index contributed by atoms with van der Waals surface area (Å²) in [6, 6.07) is 3.29. The van der Waals surface area contributed by atoms with Gasteiger partial charge in [-0.25, -0.2) is 5.10 Å². The molecule has 108 valence electrons. The van der Waals surface area contributed by atoms with E-state index in [0.29, 0.717) is 12.0 Å². The highest BCUT2D eigenvalue weighted by molar-refractivity contribution is 9.10. The van der Waals surface area contributed by atoms with E-state index in [4.69, 9.17) is 0 Å². The first-order chi connectivity index (χ1) is 10.1. The Labute approximate surface area is 129 Å². The average molecular weight is 349 g/mol. The number of H-pyrrole nitrogens is 1. The minimum absolute atomic E-state index is 0.00702. The molecule has 6 nitrogen and oxygen atoms in total. The van der Waals surface area contributed by atoms with Crippen LogP contribution >= 0.6 is 15.9 Å². The molecule has 0 radical (unpaired) electrons. The molecule has 0 bridgehead atoms. The highest BCUT2D eigenvalue weighted by atomic mass is 79.9. The first kappa shape index (κ1) is 13.9. The predicted molar refractivity (Wildman–Crippen MR) is 80.1 cm³/mol. The molecular formula is C14H13BrN4O2. The third-order valence-corrected chi connectivity index (χ3v) is 3.91. The summed E-state index contributed by atoms with van der Waals surface area (Å²) in [5.74, 6) is -0.157. The van der Waals surface area contributed by atoms with E-state index in [1.54, 1.807) is 18.3 Å². The van der Waals surface area contributed by atoms with Crippen LogP contribution < -0.4 is 10.9 Å². The van der Waals surface area contributed by atoms with Crippen LogP contribution in [0.25, 0.3) is 0 Å². The monoisotopic (exact) mass is 348 g/mol. The second-order valence-corrected chi connectivity index (χ2v) is 5.92. The van der Waals surface area contributed by atoms with Gasteiger partial charge < -0.3 is 5.32 Å². The third-order valence-electron chi connectivity index (χ3n) is 3.48. The van der Waals surface area contributed by atoms with E-state index < -0.39 is 0 Å². The van der Waals surface area contributed by atoms with Crippen molar-refractivity contribution < 1.29 is 4.79 Å². The van der Waals surface area contributed by atoms with Gasteiger partial charge in [-0.2, -0.15) is 5.10 Å². The largest absolute Gasteiger partial charge is 0.349 e. The second-order valence-electron chi connectivity index (χ2n) is 5.01. The number of fused-ring (bicyclic) bond motifs is 1. The summed E-state index contributed by atoms with van der Waals surface area (Å²) in [6.45, 7) is 0. The van der Waals surface area contributed by atoms with Crippen LogP contribution in [0.1, 0.15) is 28.0 Å². The summed E-state index contributed by atoms with van der Waals surface area (Å²) < 4.78 is 0.764. The van der Waals surface area contributed by atoms with Crippen molar-refractivity contribution in [2.45, 2.75) is 25.3 Å². The minimum atomic E-state index is -0.211. The number of aryl methyl sites for hydroxylation is 1. The van der Waals surface area contributed by atoms with Crippen LogP contribution in [0.2, 0.25) is 0 Å². The molecule has 3 rings (SSSR count). The fourth-order valence-electron chi connectivity index (χ4n) is 2.47. The van der Waals surface area contributed by atoms with Crippen molar-refractivity contribution in [1.82, 2.24) is 20.5 Å². The SMILES string of the molecule is O=C(NC1CCc2n[nH]c(=O)cc2C1)c1cncc(Br)c1. The van der Waals surface area contributed by atoms with Gasteiger partial charge in [-0.15, -0.1) is 0 Å². The lowest BCUT2D eigenvalue weighted by Crippen LogP contribution is -2.39. The van der Waals surface area contributed by atoms with Gasteiger partial charge in [0.05, 0.1) is 11.3 Å². The number of nitrogens with one attached hydrogen (secondary N) is 2. The Morgan fingerprint density at radius 2 is 2.24 bits per heavy atom. The number of hydrogen-bond donors (Lipinski definition) is 2. The van der Waals surface area contributed by atoms with Crippen molar-refractivity contribution in [3.05, 3.63) is 56.2 Å². The van der Waals surface area contributed by atoms with Crippen LogP contribution in [0.15, 0.2) is 33.8 Å². The van der Waals surface area contributed by atoms with Gasteiger partial charge >= 0.3 is 0 Å². The van der Waals surface area contributed by atoms with E-state index >= 15 is 0 Å². The first-order valence-corrected chi connectivity index (χ1v) is 7.40. The Morgan fingerprint density at radius 3 is 3.05 bits per heavy atom. The smallest absolute Gasteiger partial charge is 0.264 e. The quantitative estimate of drug-likeness (QED) is 0.853. The molecule has 0 aromatic carbocycles. The van der Waals surface area contributed by atoms with Crippen molar-refractivity contribution in [3.63, 3.8) is 0 Å². The zero-order valence-corrected chi connectivity index (χ0v) is 12.7. The van der Waals surface area contributed by atoms with E-state index in [9.17, 15) is 9.59 Å². The normalized spacial score (nSPS) is 17.1. The summed E-state index contributed by atoms with van der Waals surface area (Å²) in [5, 5.41) is 9.46. The van der Waals surface area contributed by atoms with Crippen molar-refractivity contribution in [3.8, 4) is 0 Å². The van der Waals surface area contributed by atoms with Gasteiger partial charge in [-0.05, 0) is 46.8 Å². The van der Waals surface area contributed by atoms with E-state index in [1.165, 1.54) is 6.20 Å². The molecule has 0 saturated carbocycles. The van der Waals surface area contributed by atoms with Gasteiger partial charge in [-0.3, -0.25) is 14.6 Å². The number of aromatic amines is 1. The standard InChI is InChI=1S/C14H13BrN4O2/c15-10-3-9(6-16-7-10)14(21)17-11-1-2-12-8(4-11)5-13(20)19-18-12/h3,5-7,11H,1-2,4H2,(H,17,21)(H,19,20). The Balaban J connectivity index is 1.72. The fraction of sp³-hybridized carbons (Fsp3) is 0.286. The van der Waals surface area contributed by atoms with Crippen LogP contribution in [-0.4, -0.2) is 27.1 Å². The number of hydrogen-bond acceptors (Lipinski definition) is 4. The fourth-order valence-corrected chi connectivity index (χ4v) is 2.83. The molecule has 1 unspecified atom stereocenters. The van der Waals surface area contributed by atoms with Gasteiger partial charge in [-0.1, -0.05) is 0 Å². The number of rotatable bonds is 2. The number of carbonyl (C=O) groups is 1. The van der Waals surface area contributed by atoms with E-state index in [0.717, 1.165) is 28.6 Å². The molecule has 0 aliphatic heterocycles. The Bertz CT molecular complexity index is 744. The van der Waals surface area contributed by atoms with Gasteiger partial charge in [0.2, 0.25) is 0 Å². The van der Waals surface area contributed by atoms with Gasteiger partial charge in [0.15, 0.2) is 0 Å². The van der Waals surface area contributed by atoms with E-state index in [2.05, 4.69) is 36.4 Å². The summed E-state index contributed by atoms with van der Waals surface area (Å²) in [6.07, 6.45) is 5.33. The van der Waals surface area contributed by atoms with Crippen molar-refractivity contribution >= 4 is 21.8 Å². The molecule has 2 aromatic heterocycles. The van der Waals surface area contributed by atoms with Gasteiger partial charge in [0.1, 0.15) is 0 Å². The number of carbonyl (C=O) groups excluding carboxylic acids is 1. The second kappa shape index (κ2) is 5.77.